The molecule has 0 radical (unpaired) electrons. The van der Waals surface area contributed by atoms with Crippen LogP contribution in [0.2, 0.25) is 0 Å². The van der Waals surface area contributed by atoms with Gasteiger partial charge >= 0.3 is 0 Å². The first-order chi connectivity index (χ1) is 6.20. The van der Waals surface area contributed by atoms with Crippen LogP contribution < -0.4 is 0 Å². The van der Waals surface area contributed by atoms with E-state index in [0.717, 1.165) is 5.56 Å². The maximum Gasteiger partial charge on any atom is 0.141 e. The molecule has 0 bridgehead atoms. The van der Waals surface area contributed by atoms with E-state index in [0.29, 0.717) is 17.9 Å². The number of halogens is 1. The number of methoxy groups -OCH3 is 1. The zero-order chi connectivity index (χ0) is 9.84. The van der Waals surface area contributed by atoms with Gasteiger partial charge in [-0.25, -0.2) is 0 Å². The van der Waals surface area contributed by atoms with E-state index in [-0.39, 0.29) is 11.6 Å². The maximum absolute atomic E-state index is 9.60. The molecule has 0 aliphatic heterocycles. The maximum atomic E-state index is 9.60. The highest BCUT2D eigenvalue weighted by atomic mass is 35.5. The Hall–Kier alpha value is -0.800. The molecule has 0 saturated heterocycles. The average Bonchev–Trinajstić information content (AvgIpc) is 2.12. The number of aromatic hydroxyl groups is 1. The van der Waals surface area contributed by atoms with Crippen molar-refractivity contribution in [2.75, 3.05) is 7.11 Å². The molecule has 0 aliphatic rings. The summed E-state index contributed by atoms with van der Waals surface area (Å²) in [5.74, 6) is 0.443. The van der Waals surface area contributed by atoms with Crippen molar-refractivity contribution < 1.29 is 9.84 Å². The Morgan fingerprint density at radius 1 is 1.62 bits per heavy atom. The minimum Gasteiger partial charge on any atom is -0.506 e. The van der Waals surface area contributed by atoms with Gasteiger partial charge in [-0.1, -0.05) is 0 Å². The number of nitrogens with zero attached hydrogens (tertiary/aromatic N) is 1. The second-order valence-corrected chi connectivity index (χ2v) is 3.03. The zero-order valence-corrected chi connectivity index (χ0v) is 8.43. The summed E-state index contributed by atoms with van der Waals surface area (Å²) in [5, 5.41) is 9.60. The number of aromatic nitrogens is 1. The van der Waals surface area contributed by atoms with Crippen molar-refractivity contribution in [2.24, 2.45) is 0 Å². The summed E-state index contributed by atoms with van der Waals surface area (Å²) >= 11 is 5.70. The third-order valence-corrected chi connectivity index (χ3v) is 2.13. The number of rotatable bonds is 3. The van der Waals surface area contributed by atoms with Gasteiger partial charge in [-0.15, -0.1) is 11.6 Å². The number of hydrogen-bond acceptors (Lipinski definition) is 3. The number of pyridine rings is 1. The molecule has 4 heteroatoms. The second kappa shape index (κ2) is 4.44. The van der Waals surface area contributed by atoms with Crippen LogP contribution >= 0.6 is 11.6 Å². The van der Waals surface area contributed by atoms with Crippen molar-refractivity contribution in [2.45, 2.75) is 19.4 Å². The first-order valence-corrected chi connectivity index (χ1v) is 4.45. The quantitative estimate of drug-likeness (QED) is 0.761. The molecule has 0 unspecified atom stereocenters. The Bertz CT molecular complexity index is 302. The summed E-state index contributed by atoms with van der Waals surface area (Å²) in [5.41, 5.74) is 2.13. The van der Waals surface area contributed by atoms with Crippen molar-refractivity contribution in [3.05, 3.63) is 23.0 Å². The molecule has 72 valence electrons. The van der Waals surface area contributed by atoms with E-state index >= 15 is 0 Å². The molecule has 0 aromatic carbocycles. The van der Waals surface area contributed by atoms with Crippen LogP contribution in [0.25, 0.3) is 0 Å². The molecule has 13 heavy (non-hydrogen) atoms. The number of aryl methyl sites for hydroxylation is 1. The molecule has 1 N–H and O–H groups in total. The van der Waals surface area contributed by atoms with Gasteiger partial charge in [0.1, 0.15) is 5.75 Å². The molecule has 1 rings (SSSR count). The van der Waals surface area contributed by atoms with Gasteiger partial charge < -0.3 is 9.84 Å². The van der Waals surface area contributed by atoms with Gasteiger partial charge in [0, 0.05) is 24.4 Å². The van der Waals surface area contributed by atoms with Gasteiger partial charge in [0.2, 0.25) is 0 Å². The predicted molar refractivity (Wildman–Crippen MR) is 50.9 cm³/mol. The first-order valence-electron chi connectivity index (χ1n) is 3.92. The minimum absolute atomic E-state index is 0.171. The molecule has 0 spiro atoms. The molecule has 1 aromatic heterocycles. The standard InChI is InChI=1S/C9H12ClNO2/c1-6-9(12)8(3-10)7(4-11-6)5-13-2/h4,12H,3,5H2,1-2H3. The van der Waals surface area contributed by atoms with Crippen LogP contribution in [0, 0.1) is 6.92 Å². The molecule has 0 amide bonds. The highest BCUT2D eigenvalue weighted by Gasteiger charge is 2.09. The molecule has 1 heterocycles. The summed E-state index contributed by atoms with van der Waals surface area (Å²) < 4.78 is 4.96. The molecular weight excluding hydrogens is 190 g/mol. The van der Waals surface area contributed by atoms with Gasteiger partial charge in [0.15, 0.2) is 0 Å². The van der Waals surface area contributed by atoms with Crippen LogP contribution in [0.4, 0.5) is 0 Å². The van der Waals surface area contributed by atoms with E-state index < -0.39 is 0 Å². The van der Waals surface area contributed by atoms with E-state index in [1.807, 2.05) is 0 Å². The summed E-state index contributed by atoms with van der Waals surface area (Å²) in [6.07, 6.45) is 1.68. The van der Waals surface area contributed by atoms with Crippen LogP contribution in [0.3, 0.4) is 0 Å². The fraction of sp³-hybridized carbons (Fsp3) is 0.444. The summed E-state index contributed by atoms with van der Waals surface area (Å²) in [7, 11) is 1.59. The SMILES string of the molecule is COCc1cnc(C)c(O)c1CCl. The minimum atomic E-state index is 0.171. The smallest absolute Gasteiger partial charge is 0.141 e. The molecule has 0 aliphatic carbocycles. The Labute approximate surface area is 82.3 Å². The van der Waals surface area contributed by atoms with Crippen molar-refractivity contribution in [3.8, 4) is 5.75 Å². The third kappa shape index (κ3) is 2.11. The lowest BCUT2D eigenvalue weighted by Gasteiger charge is -2.09. The number of ether oxygens (including phenoxy) is 1. The van der Waals surface area contributed by atoms with Crippen LogP contribution in [0.1, 0.15) is 16.8 Å². The Balaban J connectivity index is 3.13. The van der Waals surface area contributed by atoms with Crippen molar-refractivity contribution in [3.63, 3.8) is 0 Å². The fourth-order valence-corrected chi connectivity index (χ4v) is 1.41. The summed E-state index contributed by atoms with van der Waals surface area (Å²) in [4.78, 5) is 4.02. The van der Waals surface area contributed by atoms with Crippen LogP contribution in [-0.2, 0) is 17.2 Å². The lowest BCUT2D eigenvalue weighted by Crippen LogP contribution is -1.98. The Morgan fingerprint density at radius 2 is 2.31 bits per heavy atom. The third-order valence-electron chi connectivity index (χ3n) is 1.86. The molecule has 3 nitrogen and oxygen atoms in total. The predicted octanol–water partition coefficient (Wildman–Crippen LogP) is 1.98. The van der Waals surface area contributed by atoms with Gasteiger partial charge in [0.25, 0.3) is 0 Å². The van der Waals surface area contributed by atoms with E-state index in [1.54, 1.807) is 20.2 Å². The summed E-state index contributed by atoms with van der Waals surface area (Å²) in [6.45, 7) is 2.16. The van der Waals surface area contributed by atoms with E-state index in [1.165, 1.54) is 0 Å². The van der Waals surface area contributed by atoms with E-state index in [4.69, 9.17) is 16.3 Å². The summed E-state index contributed by atoms with van der Waals surface area (Å²) in [6, 6.07) is 0. The van der Waals surface area contributed by atoms with Crippen LogP contribution in [0.15, 0.2) is 6.20 Å². The number of hydrogen-bond donors (Lipinski definition) is 1. The molecule has 0 atom stereocenters. The number of alkyl halides is 1. The van der Waals surface area contributed by atoms with Gasteiger partial charge in [-0.05, 0) is 6.92 Å². The normalized spacial score (nSPS) is 10.4. The molecule has 0 fully saturated rings. The molecule has 0 saturated carbocycles. The highest BCUT2D eigenvalue weighted by molar-refractivity contribution is 6.17. The lowest BCUT2D eigenvalue weighted by molar-refractivity contribution is 0.183. The topological polar surface area (TPSA) is 42.4 Å². The monoisotopic (exact) mass is 201 g/mol. The van der Waals surface area contributed by atoms with E-state index in [2.05, 4.69) is 4.98 Å². The van der Waals surface area contributed by atoms with Crippen LogP contribution in [0.5, 0.6) is 5.75 Å². The van der Waals surface area contributed by atoms with Crippen molar-refractivity contribution in [1.82, 2.24) is 4.98 Å². The van der Waals surface area contributed by atoms with Crippen molar-refractivity contribution in [1.29, 1.82) is 0 Å². The van der Waals surface area contributed by atoms with Crippen LogP contribution in [-0.4, -0.2) is 17.2 Å². The first kappa shape index (κ1) is 10.3. The Kier molecular flexibility index (Phi) is 3.51. The Morgan fingerprint density at radius 3 is 2.85 bits per heavy atom. The average molecular weight is 202 g/mol. The lowest BCUT2D eigenvalue weighted by atomic mass is 10.1. The van der Waals surface area contributed by atoms with Gasteiger partial charge in [-0.2, -0.15) is 0 Å². The molecular formula is C9H12ClNO2. The molecule has 1 aromatic rings. The zero-order valence-electron chi connectivity index (χ0n) is 7.67. The van der Waals surface area contributed by atoms with E-state index in [9.17, 15) is 5.11 Å². The second-order valence-electron chi connectivity index (χ2n) is 2.76. The highest BCUT2D eigenvalue weighted by Crippen LogP contribution is 2.25. The largest absolute Gasteiger partial charge is 0.506 e. The van der Waals surface area contributed by atoms with Gasteiger partial charge in [0.05, 0.1) is 18.2 Å². The van der Waals surface area contributed by atoms with Gasteiger partial charge in [-0.3, -0.25) is 4.98 Å². The fourth-order valence-electron chi connectivity index (χ4n) is 1.11. The van der Waals surface area contributed by atoms with Crippen molar-refractivity contribution >= 4 is 11.6 Å².